The van der Waals surface area contributed by atoms with Gasteiger partial charge in [-0.1, -0.05) is 12.1 Å². The maximum atomic E-state index is 11.6. The highest BCUT2D eigenvalue weighted by molar-refractivity contribution is 5.97. The van der Waals surface area contributed by atoms with Gasteiger partial charge in [-0.15, -0.1) is 0 Å². The van der Waals surface area contributed by atoms with E-state index in [2.05, 4.69) is 63.9 Å². The van der Waals surface area contributed by atoms with Gasteiger partial charge in [0.25, 0.3) is 0 Å². The van der Waals surface area contributed by atoms with E-state index in [0.29, 0.717) is 0 Å². The first-order chi connectivity index (χ1) is 17.5. The minimum atomic E-state index is -0.937. The summed E-state index contributed by atoms with van der Waals surface area (Å²) >= 11 is 0. The Morgan fingerprint density at radius 2 is 1.92 bits per heavy atom. The number of hydrogen-bond acceptors (Lipinski definition) is 5. The number of benzene rings is 2. The monoisotopic (exact) mass is 477 g/mol. The second-order valence-electron chi connectivity index (χ2n) is 9.50. The molecule has 0 spiro atoms. The quantitative estimate of drug-likeness (QED) is 0.356. The first-order valence-corrected chi connectivity index (χ1v) is 12.2. The SMILES string of the molecule is Cc1cc2cc(-c3nc4ccc(C(=O)O)cc4cc3N3CCN(c4ccccn4)CC3C)ccc2[nH]1. The number of rotatable bonds is 4. The lowest BCUT2D eigenvalue weighted by Gasteiger charge is -2.42. The van der Waals surface area contributed by atoms with Crippen molar-refractivity contribution in [1.29, 1.82) is 0 Å². The molecule has 5 aromatic rings. The molecule has 1 aliphatic rings. The number of H-pyrrole nitrogens is 1. The van der Waals surface area contributed by atoms with Gasteiger partial charge < -0.3 is 19.9 Å². The summed E-state index contributed by atoms with van der Waals surface area (Å²) in [6.45, 7) is 6.75. The van der Waals surface area contributed by atoms with Gasteiger partial charge in [0.2, 0.25) is 0 Å². The topological polar surface area (TPSA) is 85.3 Å². The Kier molecular flexibility index (Phi) is 5.33. The average Bonchev–Trinajstić information content (AvgIpc) is 3.27. The highest BCUT2D eigenvalue weighted by Crippen LogP contribution is 2.36. The smallest absolute Gasteiger partial charge is 0.335 e. The third-order valence-corrected chi connectivity index (χ3v) is 6.98. The average molecular weight is 478 g/mol. The van der Waals surface area contributed by atoms with Crippen LogP contribution in [0.15, 0.2) is 72.9 Å². The summed E-state index contributed by atoms with van der Waals surface area (Å²) in [6, 6.07) is 22.0. The van der Waals surface area contributed by atoms with E-state index in [9.17, 15) is 9.90 Å². The third-order valence-electron chi connectivity index (χ3n) is 6.98. The molecule has 2 aromatic carbocycles. The summed E-state index contributed by atoms with van der Waals surface area (Å²) in [6.07, 6.45) is 1.83. The zero-order chi connectivity index (χ0) is 24.8. The van der Waals surface area contributed by atoms with Crippen molar-refractivity contribution in [1.82, 2.24) is 15.0 Å². The van der Waals surface area contributed by atoms with Crippen LogP contribution in [-0.2, 0) is 0 Å². The molecule has 3 aromatic heterocycles. The number of carboxylic acids is 1. The van der Waals surface area contributed by atoms with Crippen molar-refractivity contribution in [3.63, 3.8) is 0 Å². The molecule has 2 N–H and O–H groups in total. The lowest BCUT2D eigenvalue weighted by molar-refractivity contribution is 0.0697. The minimum absolute atomic E-state index is 0.208. The maximum Gasteiger partial charge on any atom is 0.335 e. The van der Waals surface area contributed by atoms with Crippen LogP contribution in [0.2, 0.25) is 0 Å². The van der Waals surface area contributed by atoms with Crippen molar-refractivity contribution in [2.24, 2.45) is 0 Å². The third kappa shape index (κ3) is 3.92. The van der Waals surface area contributed by atoms with E-state index < -0.39 is 5.97 Å². The second-order valence-corrected chi connectivity index (χ2v) is 9.50. The number of nitrogens with one attached hydrogen (secondary N) is 1. The van der Waals surface area contributed by atoms with E-state index in [1.54, 1.807) is 18.2 Å². The first kappa shape index (κ1) is 22.1. The summed E-state index contributed by atoms with van der Waals surface area (Å²) in [5.74, 6) is 0.0494. The molecule has 1 aliphatic heterocycles. The number of fused-ring (bicyclic) bond motifs is 2. The summed E-state index contributed by atoms with van der Waals surface area (Å²) in [4.78, 5) is 29.3. The number of aromatic nitrogens is 3. The molecule has 1 fully saturated rings. The van der Waals surface area contributed by atoms with Gasteiger partial charge in [-0.25, -0.2) is 14.8 Å². The molecule has 0 amide bonds. The number of carbonyl (C=O) groups is 1. The molecule has 6 rings (SSSR count). The number of hydrogen-bond donors (Lipinski definition) is 2. The van der Waals surface area contributed by atoms with Gasteiger partial charge in [0.05, 0.1) is 22.5 Å². The Balaban J connectivity index is 1.46. The second kappa shape index (κ2) is 8.68. The van der Waals surface area contributed by atoms with Gasteiger partial charge in [-0.3, -0.25) is 0 Å². The van der Waals surface area contributed by atoms with Crippen LogP contribution in [0, 0.1) is 6.92 Å². The molecule has 7 heteroatoms. The predicted molar refractivity (Wildman–Crippen MR) is 144 cm³/mol. The lowest BCUT2D eigenvalue weighted by Crippen LogP contribution is -2.52. The molecule has 0 aliphatic carbocycles. The zero-order valence-electron chi connectivity index (χ0n) is 20.3. The summed E-state index contributed by atoms with van der Waals surface area (Å²) in [7, 11) is 0. The number of carboxylic acid groups (broad SMARTS) is 1. The number of aromatic carboxylic acids is 1. The maximum absolute atomic E-state index is 11.6. The fraction of sp³-hybridized carbons (Fsp3) is 0.207. The molecule has 7 nitrogen and oxygen atoms in total. The van der Waals surface area contributed by atoms with Gasteiger partial charge in [-0.05, 0) is 68.4 Å². The fourth-order valence-corrected chi connectivity index (χ4v) is 5.22. The molecule has 1 saturated heterocycles. The molecule has 36 heavy (non-hydrogen) atoms. The van der Waals surface area contributed by atoms with E-state index in [4.69, 9.17) is 4.98 Å². The molecule has 0 saturated carbocycles. The van der Waals surface area contributed by atoms with Crippen LogP contribution < -0.4 is 9.80 Å². The van der Waals surface area contributed by atoms with Gasteiger partial charge in [0, 0.05) is 59.4 Å². The van der Waals surface area contributed by atoms with Crippen LogP contribution in [0.5, 0.6) is 0 Å². The van der Waals surface area contributed by atoms with Crippen molar-refractivity contribution in [3.05, 3.63) is 84.2 Å². The number of nitrogens with zero attached hydrogens (tertiary/aromatic N) is 4. The number of anilines is 2. The highest BCUT2D eigenvalue weighted by atomic mass is 16.4. The van der Waals surface area contributed by atoms with Gasteiger partial charge >= 0.3 is 5.97 Å². The van der Waals surface area contributed by atoms with Crippen molar-refractivity contribution in [2.75, 3.05) is 29.4 Å². The Morgan fingerprint density at radius 3 is 2.69 bits per heavy atom. The number of aryl methyl sites for hydroxylation is 1. The molecular weight excluding hydrogens is 450 g/mol. The number of piperazine rings is 1. The van der Waals surface area contributed by atoms with Gasteiger partial charge in [0.1, 0.15) is 5.82 Å². The Bertz CT molecular complexity index is 1590. The molecule has 1 unspecified atom stereocenters. The first-order valence-electron chi connectivity index (χ1n) is 12.2. The van der Waals surface area contributed by atoms with E-state index in [1.165, 1.54) is 0 Å². The van der Waals surface area contributed by atoms with Crippen LogP contribution in [0.3, 0.4) is 0 Å². The molecule has 0 bridgehead atoms. The zero-order valence-corrected chi connectivity index (χ0v) is 20.3. The van der Waals surface area contributed by atoms with Gasteiger partial charge in [0.15, 0.2) is 0 Å². The van der Waals surface area contributed by atoms with Gasteiger partial charge in [-0.2, -0.15) is 0 Å². The largest absolute Gasteiger partial charge is 0.478 e. The molecule has 4 heterocycles. The molecular formula is C29H27N5O2. The van der Waals surface area contributed by atoms with Crippen molar-refractivity contribution in [2.45, 2.75) is 19.9 Å². The Hall–Kier alpha value is -4.39. The van der Waals surface area contributed by atoms with Crippen LogP contribution in [0.4, 0.5) is 11.5 Å². The summed E-state index contributed by atoms with van der Waals surface area (Å²) < 4.78 is 0. The van der Waals surface area contributed by atoms with E-state index >= 15 is 0 Å². The standard InChI is InChI=1S/C29H27N5O2/c1-18-13-22-14-20(6-8-24(22)31-18)28-26(16-23-15-21(29(35)36)7-9-25(23)32-28)34-12-11-33(17-19(34)2)27-5-3-4-10-30-27/h3-10,13-16,19,31H,11-12,17H2,1-2H3,(H,35,36). The van der Waals surface area contributed by atoms with Crippen molar-refractivity contribution >= 4 is 39.3 Å². The lowest BCUT2D eigenvalue weighted by atomic mass is 10.0. The molecule has 0 radical (unpaired) electrons. The van der Waals surface area contributed by atoms with E-state index in [0.717, 1.165) is 69.9 Å². The van der Waals surface area contributed by atoms with E-state index in [-0.39, 0.29) is 11.6 Å². The van der Waals surface area contributed by atoms with E-state index in [1.807, 2.05) is 24.4 Å². The predicted octanol–water partition coefficient (Wildman–Crippen LogP) is 5.50. The summed E-state index contributed by atoms with van der Waals surface area (Å²) in [5, 5.41) is 11.5. The minimum Gasteiger partial charge on any atom is -0.478 e. The van der Waals surface area contributed by atoms with Crippen LogP contribution in [-0.4, -0.2) is 51.7 Å². The van der Waals surface area contributed by atoms with Crippen molar-refractivity contribution in [3.8, 4) is 11.3 Å². The van der Waals surface area contributed by atoms with Crippen LogP contribution in [0.1, 0.15) is 23.0 Å². The number of aromatic amines is 1. The fourth-order valence-electron chi connectivity index (χ4n) is 5.22. The number of pyridine rings is 2. The van der Waals surface area contributed by atoms with Crippen LogP contribution >= 0.6 is 0 Å². The van der Waals surface area contributed by atoms with Crippen LogP contribution in [0.25, 0.3) is 33.1 Å². The highest BCUT2D eigenvalue weighted by Gasteiger charge is 2.27. The normalized spacial score (nSPS) is 16.1. The Labute approximate surface area is 209 Å². The molecule has 180 valence electrons. The Morgan fingerprint density at radius 1 is 1.03 bits per heavy atom. The molecule has 1 atom stereocenters. The van der Waals surface area contributed by atoms with Crippen molar-refractivity contribution < 1.29 is 9.90 Å². The summed E-state index contributed by atoms with van der Waals surface area (Å²) in [5.41, 5.74) is 6.23.